The smallest absolute Gasteiger partial charge is 0.368 e. The van der Waals surface area contributed by atoms with Crippen molar-refractivity contribution in [2.24, 2.45) is 0 Å². The molecule has 1 fully saturated rings. The highest BCUT2D eigenvalue weighted by atomic mass is 35.5. The third kappa shape index (κ3) is 5.14. The fourth-order valence-corrected chi connectivity index (χ4v) is 3.26. The normalized spacial score (nSPS) is 15.6. The molecule has 0 bridgehead atoms. The zero-order chi connectivity index (χ0) is 19.4. The number of benzene rings is 2. The first-order valence-electron chi connectivity index (χ1n) is 8.52. The SMILES string of the molecule is O=C(CN1CCN(c2ccccc2Cl)CC1)Nc1ccc(C(F)(F)F)cc1. The molecule has 4 nitrogen and oxygen atoms in total. The van der Waals surface area contributed by atoms with Gasteiger partial charge >= 0.3 is 6.18 Å². The number of nitrogens with one attached hydrogen (secondary N) is 1. The lowest BCUT2D eigenvalue weighted by molar-refractivity contribution is -0.137. The number of amides is 1. The van der Waals surface area contributed by atoms with Crippen molar-refractivity contribution >= 4 is 28.9 Å². The van der Waals surface area contributed by atoms with Crippen LogP contribution < -0.4 is 10.2 Å². The van der Waals surface area contributed by atoms with E-state index in [0.717, 1.165) is 30.9 Å². The van der Waals surface area contributed by atoms with Crippen molar-refractivity contribution in [3.05, 3.63) is 59.1 Å². The van der Waals surface area contributed by atoms with E-state index in [1.807, 2.05) is 29.2 Å². The summed E-state index contributed by atoms with van der Waals surface area (Å²) in [5.74, 6) is -0.249. The second-order valence-electron chi connectivity index (χ2n) is 6.34. The number of para-hydroxylation sites is 1. The molecule has 27 heavy (non-hydrogen) atoms. The molecule has 2 aromatic rings. The van der Waals surface area contributed by atoms with E-state index < -0.39 is 11.7 Å². The van der Waals surface area contributed by atoms with Crippen molar-refractivity contribution in [1.82, 2.24) is 4.90 Å². The number of carbonyl (C=O) groups is 1. The van der Waals surface area contributed by atoms with E-state index in [0.29, 0.717) is 23.8 Å². The zero-order valence-electron chi connectivity index (χ0n) is 14.5. The monoisotopic (exact) mass is 397 g/mol. The number of anilines is 2. The summed E-state index contributed by atoms with van der Waals surface area (Å²) in [6.45, 7) is 3.09. The van der Waals surface area contributed by atoms with Gasteiger partial charge in [0.25, 0.3) is 0 Å². The van der Waals surface area contributed by atoms with Gasteiger partial charge in [-0.1, -0.05) is 23.7 Å². The number of rotatable bonds is 4. The van der Waals surface area contributed by atoms with Gasteiger partial charge in [-0.15, -0.1) is 0 Å². The van der Waals surface area contributed by atoms with E-state index in [1.165, 1.54) is 12.1 Å². The number of halogens is 4. The number of hydrogen-bond donors (Lipinski definition) is 1. The van der Waals surface area contributed by atoms with Crippen LogP contribution in [0.1, 0.15) is 5.56 Å². The van der Waals surface area contributed by atoms with Crippen LogP contribution in [0.4, 0.5) is 24.5 Å². The summed E-state index contributed by atoms with van der Waals surface area (Å²) in [5.41, 5.74) is 0.590. The van der Waals surface area contributed by atoms with E-state index in [1.54, 1.807) is 0 Å². The number of piperazine rings is 1. The highest BCUT2D eigenvalue weighted by Crippen LogP contribution is 2.30. The second-order valence-corrected chi connectivity index (χ2v) is 6.75. The van der Waals surface area contributed by atoms with Gasteiger partial charge in [-0.3, -0.25) is 9.69 Å². The molecule has 0 radical (unpaired) electrons. The molecule has 0 spiro atoms. The lowest BCUT2D eigenvalue weighted by Gasteiger charge is -2.36. The van der Waals surface area contributed by atoms with E-state index in [4.69, 9.17) is 11.6 Å². The molecule has 3 rings (SSSR count). The molecule has 1 aliphatic rings. The number of hydrogen-bond acceptors (Lipinski definition) is 3. The van der Waals surface area contributed by atoms with Gasteiger partial charge in [0.1, 0.15) is 0 Å². The molecule has 0 aliphatic carbocycles. The topological polar surface area (TPSA) is 35.6 Å². The Bertz CT molecular complexity index is 788. The summed E-state index contributed by atoms with van der Waals surface area (Å²) in [6.07, 6.45) is -4.39. The van der Waals surface area contributed by atoms with Gasteiger partial charge in [0.2, 0.25) is 5.91 Å². The fraction of sp³-hybridized carbons (Fsp3) is 0.316. The van der Waals surface area contributed by atoms with E-state index in [2.05, 4.69) is 10.2 Å². The van der Waals surface area contributed by atoms with Crippen LogP contribution in [-0.4, -0.2) is 43.5 Å². The number of carbonyl (C=O) groups excluding carboxylic acids is 1. The van der Waals surface area contributed by atoms with Crippen molar-refractivity contribution in [3.63, 3.8) is 0 Å². The van der Waals surface area contributed by atoms with Crippen molar-refractivity contribution in [2.75, 3.05) is 42.9 Å². The fourth-order valence-electron chi connectivity index (χ4n) is 3.00. The van der Waals surface area contributed by atoms with Crippen LogP contribution in [0, 0.1) is 0 Å². The molecule has 8 heteroatoms. The maximum Gasteiger partial charge on any atom is 0.416 e. The van der Waals surface area contributed by atoms with Crippen molar-refractivity contribution in [2.45, 2.75) is 6.18 Å². The van der Waals surface area contributed by atoms with Gasteiger partial charge in [0.05, 0.1) is 22.8 Å². The second kappa shape index (κ2) is 8.19. The van der Waals surface area contributed by atoms with E-state index in [9.17, 15) is 18.0 Å². The van der Waals surface area contributed by atoms with Crippen molar-refractivity contribution in [3.8, 4) is 0 Å². The average Bonchev–Trinajstić information content (AvgIpc) is 2.62. The Hall–Kier alpha value is -2.25. The number of nitrogens with zero attached hydrogens (tertiary/aromatic N) is 2. The molecule has 2 aromatic carbocycles. The average molecular weight is 398 g/mol. The summed E-state index contributed by atoms with van der Waals surface area (Å²) < 4.78 is 37.7. The molecule has 0 aromatic heterocycles. The lowest BCUT2D eigenvalue weighted by Crippen LogP contribution is -2.48. The summed E-state index contributed by atoms with van der Waals surface area (Å²) in [5, 5.41) is 3.34. The minimum atomic E-state index is -4.39. The third-order valence-corrected chi connectivity index (χ3v) is 4.75. The van der Waals surface area contributed by atoms with Crippen LogP contribution in [0.25, 0.3) is 0 Å². The summed E-state index contributed by atoms with van der Waals surface area (Å²) in [4.78, 5) is 16.3. The predicted molar refractivity (Wildman–Crippen MR) is 100 cm³/mol. The Balaban J connectivity index is 1.49. The Morgan fingerprint density at radius 1 is 1.00 bits per heavy atom. The Morgan fingerprint density at radius 3 is 2.22 bits per heavy atom. The molecule has 1 amide bonds. The van der Waals surface area contributed by atoms with Crippen LogP contribution >= 0.6 is 11.6 Å². The Morgan fingerprint density at radius 2 is 1.63 bits per heavy atom. The van der Waals surface area contributed by atoms with Crippen LogP contribution in [0.5, 0.6) is 0 Å². The molecule has 144 valence electrons. The highest BCUT2D eigenvalue weighted by Gasteiger charge is 2.30. The van der Waals surface area contributed by atoms with Crippen LogP contribution in [0.2, 0.25) is 5.02 Å². The van der Waals surface area contributed by atoms with Gasteiger partial charge in [-0.2, -0.15) is 13.2 Å². The maximum atomic E-state index is 12.6. The highest BCUT2D eigenvalue weighted by molar-refractivity contribution is 6.33. The number of alkyl halides is 3. The molecule has 1 aliphatic heterocycles. The molecule has 1 saturated heterocycles. The molecule has 1 N–H and O–H groups in total. The summed E-state index contributed by atoms with van der Waals surface area (Å²) in [7, 11) is 0. The first-order chi connectivity index (χ1) is 12.8. The zero-order valence-corrected chi connectivity index (χ0v) is 15.2. The van der Waals surface area contributed by atoms with E-state index in [-0.39, 0.29) is 12.5 Å². The predicted octanol–water partition coefficient (Wildman–Crippen LogP) is 4.12. The molecular weight excluding hydrogens is 379 g/mol. The van der Waals surface area contributed by atoms with Gasteiger partial charge in [0, 0.05) is 31.9 Å². The lowest BCUT2D eigenvalue weighted by atomic mass is 10.2. The molecule has 1 heterocycles. The van der Waals surface area contributed by atoms with Crippen molar-refractivity contribution < 1.29 is 18.0 Å². The van der Waals surface area contributed by atoms with Gasteiger partial charge in [-0.05, 0) is 36.4 Å². The van der Waals surface area contributed by atoms with Crippen LogP contribution in [0.3, 0.4) is 0 Å². The minimum Gasteiger partial charge on any atom is -0.368 e. The maximum absolute atomic E-state index is 12.6. The first-order valence-corrected chi connectivity index (χ1v) is 8.90. The minimum absolute atomic E-state index is 0.192. The van der Waals surface area contributed by atoms with Gasteiger partial charge in [0.15, 0.2) is 0 Å². The summed E-state index contributed by atoms with van der Waals surface area (Å²) in [6, 6.07) is 12.1. The van der Waals surface area contributed by atoms with Crippen LogP contribution in [-0.2, 0) is 11.0 Å². The largest absolute Gasteiger partial charge is 0.416 e. The van der Waals surface area contributed by atoms with E-state index >= 15 is 0 Å². The van der Waals surface area contributed by atoms with Crippen LogP contribution in [0.15, 0.2) is 48.5 Å². The molecule has 0 unspecified atom stereocenters. The Kier molecular flexibility index (Phi) is 5.92. The quantitative estimate of drug-likeness (QED) is 0.843. The first kappa shape index (κ1) is 19.5. The molecule has 0 saturated carbocycles. The Labute approximate surface area is 160 Å². The summed E-state index contributed by atoms with van der Waals surface area (Å²) >= 11 is 6.22. The van der Waals surface area contributed by atoms with Gasteiger partial charge in [-0.25, -0.2) is 0 Å². The van der Waals surface area contributed by atoms with Gasteiger partial charge < -0.3 is 10.2 Å². The van der Waals surface area contributed by atoms with Crippen molar-refractivity contribution in [1.29, 1.82) is 0 Å². The third-order valence-electron chi connectivity index (χ3n) is 4.43. The molecule has 0 atom stereocenters. The standard InChI is InChI=1S/C19H19ClF3N3O/c20-16-3-1-2-4-17(16)26-11-9-25(10-12-26)13-18(27)24-15-7-5-14(6-8-15)19(21,22)23/h1-8H,9-13H2,(H,24,27). The molecular formula is C19H19ClF3N3O.